The van der Waals surface area contributed by atoms with Crippen LogP contribution in [0.4, 0.5) is 5.95 Å². The van der Waals surface area contributed by atoms with Gasteiger partial charge in [0.25, 0.3) is 5.91 Å². The molecule has 5 unspecified atom stereocenters. The van der Waals surface area contributed by atoms with Crippen molar-refractivity contribution in [2.75, 3.05) is 12.3 Å². The van der Waals surface area contributed by atoms with Gasteiger partial charge in [-0.3, -0.25) is 9.20 Å². The summed E-state index contributed by atoms with van der Waals surface area (Å²) in [5.41, 5.74) is 8.81. The van der Waals surface area contributed by atoms with Crippen LogP contribution >= 0.6 is 0 Å². The number of nitrogen functional groups attached to an aromatic ring is 1. The fourth-order valence-corrected chi connectivity index (χ4v) is 7.90. The molecule has 31 heavy (non-hydrogen) atoms. The second-order valence-electron chi connectivity index (χ2n) is 10.5. The van der Waals surface area contributed by atoms with Crippen LogP contribution in [-0.4, -0.2) is 42.0 Å². The summed E-state index contributed by atoms with van der Waals surface area (Å²) in [6.07, 6.45) is 10.1. The molecule has 7 rings (SSSR count). The van der Waals surface area contributed by atoms with E-state index in [1.807, 2.05) is 28.8 Å². The van der Waals surface area contributed by atoms with Crippen molar-refractivity contribution in [3.05, 3.63) is 35.8 Å². The molecule has 9 heteroatoms. The first-order valence-electron chi connectivity index (χ1n) is 11.3. The highest BCUT2D eigenvalue weighted by atomic mass is 16.1. The van der Waals surface area contributed by atoms with Crippen molar-refractivity contribution in [2.45, 2.75) is 45.1 Å². The molecule has 0 saturated heterocycles. The van der Waals surface area contributed by atoms with E-state index < -0.39 is 0 Å². The number of hydrogen-bond donors (Lipinski definition) is 2. The van der Waals surface area contributed by atoms with Crippen LogP contribution < -0.4 is 11.1 Å². The summed E-state index contributed by atoms with van der Waals surface area (Å²) in [4.78, 5) is 17.8. The molecule has 160 valence electrons. The standard InChI is InChI=1S/C22H26N8O/c23-20-26-27-28-30(20)10-16-9-29-17(2-1-3-18(29)25-16)19(31)24-12-21-6-13-4-14-5-15(8-21)22(14,7-13)11-21/h1-3,9,13-15H,4-8,10-12H2,(H,24,31)(H2,23,26,28). The highest BCUT2D eigenvalue weighted by Gasteiger charge is 2.70. The van der Waals surface area contributed by atoms with Crippen LogP contribution in [-0.2, 0) is 6.54 Å². The lowest BCUT2D eigenvalue weighted by Gasteiger charge is -2.49. The molecule has 5 atom stereocenters. The Bertz CT molecular complexity index is 1210. The normalized spacial score (nSPS) is 34.8. The Hall–Kier alpha value is -2.97. The molecule has 3 heterocycles. The van der Waals surface area contributed by atoms with E-state index in [1.165, 1.54) is 43.2 Å². The highest BCUT2D eigenvalue weighted by molar-refractivity contribution is 5.93. The third kappa shape index (κ3) is 2.40. The summed E-state index contributed by atoms with van der Waals surface area (Å²) in [6, 6.07) is 5.63. The van der Waals surface area contributed by atoms with Crippen molar-refractivity contribution in [1.29, 1.82) is 0 Å². The Morgan fingerprint density at radius 3 is 3.03 bits per heavy atom. The third-order valence-corrected chi connectivity index (χ3v) is 8.86. The summed E-state index contributed by atoms with van der Waals surface area (Å²) in [5, 5.41) is 14.4. The number of aromatic nitrogens is 6. The molecular weight excluding hydrogens is 392 g/mol. The molecule has 3 aromatic heterocycles. The number of nitrogens with two attached hydrogens (primary N) is 1. The number of nitrogens with zero attached hydrogens (tertiary/aromatic N) is 6. The molecule has 9 nitrogen and oxygen atoms in total. The van der Waals surface area contributed by atoms with E-state index in [9.17, 15) is 4.79 Å². The zero-order valence-corrected chi connectivity index (χ0v) is 17.4. The Kier molecular flexibility index (Phi) is 3.33. The molecule has 0 aromatic carbocycles. The molecule has 4 aliphatic carbocycles. The predicted molar refractivity (Wildman–Crippen MR) is 112 cm³/mol. The monoisotopic (exact) mass is 418 g/mol. The van der Waals surface area contributed by atoms with Crippen molar-refractivity contribution in [3.63, 3.8) is 0 Å². The number of imidazole rings is 1. The van der Waals surface area contributed by atoms with Crippen LogP contribution in [0.1, 0.15) is 54.7 Å². The molecule has 0 radical (unpaired) electrons. The second kappa shape index (κ2) is 5.83. The highest BCUT2D eigenvalue weighted by Crippen LogP contribution is 2.78. The maximum absolute atomic E-state index is 13.2. The lowest BCUT2D eigenvalue weighted by molar-refractivity contribution is -0.00254. The molecule has 0 aliphatic heterocycles. The van der Waals surface area contributed by atoms with Crippen LogP contribution in [0.3, 0.4) is 0 Å². The summed E-state index contributed by atoms with van der Waals surface area (Å²) < 4.78 is 3.33. The van der Waals surface area contributed by atoms with E-state index in [0.29, 0.717) is 23.1 Å². The van der Waals surface area contributed by atoms with Gasteiger partial charge in [0.05, 0.1) is 12.2 Å². The Morgan fingerprint density at radius 2 is 2.16 bits per heavy atom. The molecular formula is C22H26N8O. The van der Waals surface area contributed by atoms with Gasteiger partial charge in [-0.1, -0.05) is 11.2 Å². The third-order valence-electron chi connectivity index (χ3n) is 8.86. The Balaban J connectivity index is 1.12. The van der Waals surface area contributed by atoms with Gasteiger partial charge < -0.3 is 11.1 Å². The Labute approximate surface area is 179 Å². The minimum atomic E-state index is -0.0305. The summed E-state index contributed by atoms with van der Waals surface area (Å²) >= 11 is 0. The number of tetrazole rings is 1. The van der Waals surface area contributed by atoms with Crippen molar-refractivity contribution < 1.29 is 4.79 Å². The van der Waals surface area contributed by atoms with Crippen molar-refractivity contribution in [1.82, 2.24) is 34.9 Å². The predicted octanol–water partition coefficient (Wildman–Crippen LogP) is 1.90. The van der Waals surface area contributed by atoms with Crippen molar-refractivity contribution >= 4 is 17.5 Å². The van der Waals surface area contributed by atoms with Crippen molar-refractivity contribution in [2.24, 2.45) is 28.6 Å². The van der Waals surface area contributed by atoms with Gasteiger partial charge in [-0.25, -0.2) is 9.67 Å². The lowest BCUT2D eigenvalue weighted by atomic mass is 9.55. The second-order valence-corrected chi connectivity index (χ2v) is 10.5. The SMILES string of the molecule is Nc1nnnn1Cc1cn2c(C(=O)NCC34CC5CC6CC(C3)C6(C5)C4)cccc2n1. The van der Waals surface area contributed by atoms with E-state index in [-0.39, 0.29) is 11.9 Å². The number of carbonyl (C=O) groups excluding carboxylic acids is 1. The summed E-state index contributed by atoms with van der Waals surface area (Å²) in [6.45, 7) is 1.16. The number of pyridine rings is 1. The average Bonchev–Trinajstić information content (AvgIpc) is 3.44. The molecule has 1 spiro atoms. The number of carbonyl (C=O) groups is 1. The van der Waals surface area contributed by atoms with Gasteiger partial charge in [-0.05, 0) is 89.7 Å². The van der Waals surface area contributed by atoms with Crippen LogP contribution in [0.2, 0.25) is 0 Å². The minimum Gasteiger partial charge on any atom is -0.367 e. The molecule has 1 amide bonds. The van der Waals surface area contributed by atoms with Gasteiger partial charge in [0, 0.05) is 12.7 Å². The molecule has 3 N–H and O–H groups in total. The average molecular weight is 419 g/mol. The van der Waals surface area contributed by atoms with Gasteiger partial charge in [0.2, 0.25) is 5.95 Å². The zero-order valence-electron chi connectivity index (χ0n) is 17.4. The van der Waals surface area contributed by atoms with Crippen LogP contribution in [0.15, 0.2) is 24.4 Å². The maximum Gasteiger partial charge on any atom is 0.268 e. The van der Waals surface area contributed by atoms with E-state index in [1.54, 1.807) is 0 Å². The number of fused-ring (bicyclic) bond motifs is 3. The van der Waals surface area contributed by atoms with Crippen molar-refractivity contribution in [3.8, 4) is 0 Å². The topological polar surface area (TPSA) is 116 Å². The van der Waals surface area contributed by atoms with Crippen LogP contribution in [0.25, 0.3) is 5.65 Å². The first-order chi connectivity index (χ1) is 15.0. The number of anilines is 1. The molecule has 3 bridgehead atoms. The summed E-state index contributed by atoms with van der Waals surface area (Å²) in [5.74, 6) is 3.00. The van der Waals surface area contributed by atoms with Crippen LogP contribution in [0.5, 0.6) is 0 Å². The van der Waals surface area contributed by atoms with Gasteiger partial charge in [0.15, 0.2) is 0 Å². The number of rotatable bonds is 5. The number of nitrogens with one attached hydrogen (secondary N) is 1. The van der Waals surface area contributed by atoms with Gasteiger partial charge in [0.1, 0.15) is 11.3 Å². The lowest BCUT2D eigenvalue weighted by Crippen LogP contribution is -2.43. The van der Waals surface area contributed by atoms with E-state index in [2.05, 4.69) is 25.8 Å². The molecule has 4 aliphatic rings. The van der Waals surface area contributed by atoms with Crippen LogP contribution in [0, 0.1) is 28.6 Å². The number of hydrogen-bond acceptors (Lipinski definition) is 6. The molecule has 4 saturated carbocycles. The number of amides is 1. The van der Waals surface area contributed by atoms with E-state index in [0.717, 1.165) is 35.6 Å². The smallest absolute Gasteiger partial charge is 0.268 e. The minimum absolute atomic E-state index is 0.0305. The van der Waals surface area contributed by atoms with Gasteiger partial charge >= 0.3 is 0 Å². The fourth-order valence-electron chi connectivity index (χ4n) is 7.90. The van der Waals surface area contributed by atoms with Gasteiger partial charge in [-0.2, -0.15) is 0 Å². The quantitative estimate of drug-likeness (QED) is 0.654. The Morgan fingerprint density at radius 1 is 1.23 bits per heavy atom. The van der Waals surface area contributed by atoms with E-state index in [4.69, 9.17) is 5.73 Å². The molecule has 3 aromatic rings. The fraction of sp³-hybridized carbons (Fsp3) is 0.591. The van der Waals surface area contributed by atoms with Gasteiger partial charge in [-0.15, -0.1) is 0 Å². The van der Waals surface area contributed by atoms with E-state index >= 15 is 0 Å². The summed E-state index contributed by atoms with van der Waals surface area (Å²) in [7, 11) is 0. The first kappa shape index (κ1) is 17.7. The zero-order chi connectivity index (χ0) is 20.8. The largest absolute Gasteiger partial charge is 0.367 e. The first-order valence-corrected chi connectivity index (χ1v) is 11.3. The molecule has 4 fully saturated rings. The maximum atomic E-state index is 13.2.